The van der Waals surface area contributed by atoms with Crippen LogP contribution in [-0.2, 0) is 4.79 Å². The summed E-state index contributed by atoms with van der Waals surface area (Å²) >= 11 is 0. The molecule has 1 saturated heterocycles. The molecule has 0 aromatic heterocycles. The molecule has 0 aromatic rings. The van der Waals surface area contributed by atoms with E-state index in [1.165, 1.54) is 5.57 Å². The third kappa shape index (κ3) is 10.6. The summed E-state index contributed by atoms with van der Waals surface area (Å²) < 4.78 is 0. The van der Waals surface area contributed by atoms with Crippen molar-refractivity contribution in [2.45, 2.75) is 64.6 Å². The molecule has 0 aromatic carbocycles. The highest BCUT2D eigenvalue weighted by molar-refractivity contribution is 5.77. The first-order chi connectivity index (χ1) is 15.5. The van der Waals surface area contributed by atoms with Gasteiger partial charge in [-0.3, -0.25) is 19.6 Å². The van der Waals surface area contributed by atoms with Gasteiger partial charge in [-0.2, -0.15) is 0 Å². The zero-order valence-electron chi connectivity index (χ0n) is 20.1. The summed E-state index contributed by atoms with van der Waals surface area (Å²) in [7, 11) is 0. The van der Waals surface area contributed by atoms with Gasteiger partial charge in [0.1, 0.15) is 5.78 Å². The molecule has 0 radical (unpaired) electrons. The van der Waals surface area contributed by atoms with Gasteiger partial charge in [-0.15, -0.1) is 0 Å². The fraction of sp³-hybridized carbons (Fsp3) is 0.615. The Bertz CT molecular complexity index is 711. The molecule has 2 unspecified atom stereocenters. The van der Waals surface area contributed by atoms with Crippen molar-refractivity contribution in [2.24, 2.45) is 4.99 Å². The molecule has 3 atom stereocenters. The van der Waals surface area contributed by atoms with Crippen LogP contribution in [0, 0.1) is 0 Å². The van der Waals surface area contributed by atoms with E-state index in [-0.39, 0.29) is 11.8 Å². The van der Waals surface area contributed by atoms with Gasteiger partial charge in [0.05, 0.1) is 12.6 Å². The van der Waals surface area contributed by atoms with Crippen LogP contribution >= 0.6 is 0 Å². The van der Waals surface area contributed by atoms with Crippen LogP contribution in [0.2, 0.25) is 0 Å². The number of piperazine rings is 1. The second kappa shape index (κ2) is 15.1. The number of allylic oxidation sites excluding steroid dienone is 5. The Hall–Kier alpha value is -1.86. The molecule has 1 heterocycles. The van der Waals surface area contributed by atoms with E-state index in [2.05, 4.69) is 51.3 Å². The lowest BCUT2D eigenvalue weighted by Gasteiger charge is -2.40. The number of aliphatic hydroxyl groups is 1. The lowest BCUT2D eigenvalue weighted by Crippen LogP contribution is -2.54. The van der Waals surface area contributed by atoms with Gasteiger partial charge in [-0.05, 0) is 52.5 Å². The minimum absolute atomic E-state index is 0.124. The number of nitrogens with zero attached hydrogens (tertiary/aromatic N) is 3. The minimum atomic E-state index is -0.405. The third-order valence-corrected chi connectivity index (χ3v) is 6.03. The number of ketones is 1. The lowest BCUT2D eigenvalue weighted by atomic mass is 9.94. The van der Waals surface area contributed by atoms with E-state index in [0.717, 1.165) is 45.4 Å². The lowest BCUT2D eigenvalue weighted by molar-refractivity contribution is -0.116. The van der Waals surface area contributed by atoms with Crippen molar-refractivity contribution in [1.29, 1.82) is 0 Å². The molecule has 2 N–H and O–H groups in total. The number of hydrogen-bond donors (Lipinski definition) is 2. The Kier molecular flexibility index (Phi) is 12.4. The molecule has 0 bridgehead atoms. The summed E-state index contributed by atoms with van der Waals surface area (Å²) in [5, 5.41) is 14.2. The van der Waals surface area contributed by atoms with Gasteiger partial charge in [0.2, 0.25) is 0 Å². The summed E-state index contributed by atoms with van der Waals surface area (Å²) in [5.74, 6) is 0.134. The van der Waals surface area contributed by atoms with E-state index in [1.54, 1.807) is 19.3 Å². The van der Waals surface area contributed by atoms with Crippen molar-refractivity contribution < 1.29 is 9.90 Å². The Balaban J connectivity index is 1.79. The molecule has 1 aliphatic carbocycles. The van der Waals surface area contributed by atoms with E-state index in [9.17, 15) is 9.90 Å². The van der Waals surface area contributed by atoms with Crippen LogP contribution in [0.25, 0.3) is 0 Å². The molecule has 6 heteroatoms. The molecule has 1 fully saturated rings. The summed E-state index contributed by atoms with van der Waals surface area (Å²) in [6.45, 7) is 10.7. The van der Waals surface area contributed by atoms with Gasteiger partial charge in [0.15, 0.2) is 0 Å². The molecule has 0 saturated carbocycles. The smallest absolute Gasteiger partial charge is 0.143 e. The monoisotopic (exact) mass is 442 g/mol. The SMILES string of the molecule is CC=N/C=C\C=C\CN1CCN(CC(O)CC(CC2=CC=CCC2)NCC(C)=O)[C@H](C)C1. The number of aliphatic hydroxyl groups excluding tert-OH is 1. The van der Waals surface area contributed by atoms with Crippen molar-refractivity contribution in [3.63, 3.8) is 0 Å². The zero-order chi connectivity index (χ0) is 23.2. The second-order valence-electron chi connectivity index (χ2n) is 8.95. The van der Waals surface area contributed by atoms with Crippen molar-refractivity contribution in [1.82, 2.24) is 15.1 Å². The van der Waals surface area contributed by atoms with Gasteiger partial charge < -0.3 is 10.4 Å². The number of β-amino-alcohol motifs (C(OH)–C–C–N with tert-alkyl or cyclic N) is 1. The van der Waals surface area contributed by atoms with Crippen LogP contribution in [0.5, 0.6) is 0 Å². The van der Waals surface area contributed by atoms with Crippen LogP contribution in [0.1, 0.15) is 46.5 Å². The maximum atomic E-state index is 11.5. The van der Waals surface area contributed by atoms with Crippen molar-refractivity contribution in [2.75, 3.05) is 39.3 Å². The fourth-order valence-corrected chi connectivity index (χ4v) is 4.32. The average Bonchev–Trinajstić information content (AvgIpc) is 2.77. The molecule has 2 rings (SSSR count). The van der Waals surface area contributed by atoms with Gasteiger partial charge in [0.25, 0.3) is 0 Å². The minimum Gasteiger partial charge on any atom is -0.392 e. The van der Waals surface area contributed by atoms with E-state index < -0.39 is 6.10 Å². The highest BCUT2D eigenvalue weighted by atomic mass is 16.3. The highest BCUT2D eigenvalue weighted by Gasteiger charge is 2.26. The summed E-state index contributed by atoms with van der Waals surface area (Å²) in [5.41, 5.74) is 1.40. The predicted octanol–water partition coefficient (Wildman–Crippen LogP) is 3.12. The molecule has 32 heavy (non-hydrogen) atoms. The van der Waals surface area contributed by atoms with Crippen molar-refractivity contribution >= 4 is 12.0 Å². The predicted molar refractivity (Wildman–Crippen MR) is 134 cm³/mol. The fourth-order valence-electron chi connectivity index (χ4n) is 4.32. The van der Waals surface area contributed by atoms with Crippen molar-refractivity contribution in [3.8, 4) is 0 Å². The number of carbonyl (C=O) groups is 1. The Morgan fingerprint density at radius 1 is 1.38 bits per heavy atom. The van der Waals surface area contributed by atoms with Gasteiger partial charge in [0, 0.05) is 57.2 Å². The summed E-state index contributed by atoms with van der Waals surface area (Å²) in [6, 6.07) is 0.528. The van der Waals surface area contributed by atoms with Crippen LogP contribution in [-0.4, -0.2) is 84.4 Å². The number of rotatable bonds is 13. The largest absolute Gasteiger partial charge is 0.392 e. The van der Waals surface area contributed by atoms with Crippen LogP contribution in [0.4, 0.5) is 0 Å². The highest BCUT2D eigenvalue weighted by Crippen LogP contribution is 2.20. The van der Waals surface area contributed by atoms with E-state index in [1.807, 2.05) is 19.1 Å². The molecule has 0 spiro atoms. The number of aliphatic imine (C=N–C) groups is 1. The number of Topliss-reactive ketones (excluding diaryl/α,β-unsaturated/α-hetero) is 1. The summed E-state index contributed by atoms with van der Waals surface area (Å²) in [6.07, 6.45) is 19.5. The Morgan fingerprint density at radius 2 is 2.22 bits per heavy atom. The number of nitrogens with one attached hydrogen (secondary N) is 1. The maximum absolute atomic E-state index is 11.5. The normalized spacial score (nSPS) is 22.8. The topological polar surface area (TPSA) is 68.2 Å². The number of hydrogen-bond acceptors (Lipinski definition) is 6. The molecule has 6 nitrogen and oxygen atoms in total. The van der Waals surface area contributed by atoms with E-state index >= 15 is 0 Å². The molecule has 178 valence electrons. The molecular weight excluding hydrogens is 400 g/mol. The first kappa shape index (κ1) is 26.4. The first-order valence-corrected chi connectivity index (χ1v) is 12.0. The maximum Gasteiger partial charge on any atom is 0.143 e. The van der Waals surface area contributed by atoms with E-state index in [0.29, 0.717) is 25.6 Å². The zero-order valence-corrected chi connectivity index (χ0v) is 20.1. The van der Waals surface area contributed by atoms with Gasteiger partial charge >= 0.3 is 0 Å². The first-order valence-electron chi connectivity index (χ1n) is 12.0. The van der Waals surface area contributed by atoms with Crippen LogP contribution in [0.15, 0.2) is 53.2 Å². The van der Waals surface area contributed by atoms with Crippen LogP contribution in [0.3, 0.4) is 0 Å². The van der Waals surface area contributed by atoms with Crippen molar-refractivity contribution in [3.05, 3.63) is 48.2 Å². The number of carbonyl (C=O) groups excluding carboxylic acids is 1. The molecule has 1 aliphatic heterocycles. The van der Waals surface area contributed by atoms with Gasteiger partial charge in [-0.1, -0.05) is 36.0 Å². The second-order valence-corrected chi connectivity index (χ2v) is 8.95. The quantitative estimate of drug-likeness (QED) is 0.339. The average molecular weight is 443 g/mol. The molecule has 2 aliphatic rings. The Morgan fingerprint density at radius 3 is 2.91 bits per heavy atom. The molecule has 0 amide bonds. The third-order valence-electron chi connectivity index (χ3n) is 6.03. The Labute approximate surface area is 194 Å². The van der Waals surface area contributed by atoms with Crippen LogP contribution < -0.4 is 5.32 Å². The van der Waals surface area contributed by atoms with Gasteiger partial charge in [-0.25, -0.2) is 0 Å². The van der Waals surface area contributed by atoms with E-state index in [4.69, 9.17) is 0 Å². The standard InChI is InChI=1S/C26H42N4O2/c1-4-27-13-9-6-10-14-29-15-16-30(22(2)20-29)21-26(32)18-25(28-19-23(3)31)17-24-11-7-5-8-12-24/h4-7,9-11,13,22,25-26,28,32H,8,12,14-21H2,1-3H3/b10-6+,13-9-,27-4?/t22-,25?,26?/m1/s1. The molecular formula is C26H42N4O2. The summed E-state index contributed by atoms with van der Waals surface area (Å²) in [4.78, 5) is 20.4.